The number of carbonyl (C=O) groups excluding carboxylic acids is 2. The van der Waals surface area contributed by atoms with Crippen molar-refractivity contribution in [2.75, 3.05) is 29.5 Å². The molecule has 3 rings (SSSR count). The van der Waals surface area contributed by atoms with E-state index < -0.39 is 33.4 Å². The van der Waals surface area contributed by atoms with E-state index in [4.69, 9.17) is 17.3 Å². The summed E-state index contributed by atoms with van der Waals surface area (Å²) in [6.07, 6.45) is 0. The molecule has 160 valence electrons. The fourth-order valence-corrected chi connectivity index (χ4v) is 4.37. The molecule has 3 amide bonds. The molecule has 7 nitrogen and oxygen atoms in total. The maximum Gasteiger partial charge on any atom is 0.324 e. The van der Waals surface area contributed by atoms with Crippen molar-refractivity contribution in [1.82, 2.24) is 4.90 Å². The van der Waals surface area contributed by atoms with Gasteiger partial charge >= 0.3 is 6.03 Å². The number of halogens is 3. The van der Waals surface area contributed by atoms with Gasteiger partial charge in [0, 0.05) is 29.9 Å². The third-order valence-corrected chi connectivity index (χ3v) is 6.63. The number of rotatable bonds is 4. The number of hydrogen-bond donors (Lipinski definition) is 1. The minimum absolute atomic E-state index is 0.0182. The summed E-state index contributed by atoms with van der Waals surface area (Å²) < 4.78 is 51.4. The number of carbonyl (C=O) groups is 2. The van der Waals surface area contributed by atoms with Crippen LogP contribution in [0.4, 0.5) is 19.3 Å². The summed E-state index contributed by atoms with van der Waals surface area (Å²) in [4.78, 5) is 26.8. The topological polar surface area (TPSA) is 101 Å². The molecular weight excluding hydrogens is 440 g/mol. The molecule has 11 heteroatoms. The van der Waals surface area contributed by atoms with E-state index in [1.54, 1.807) is 0 Å². The zero-order valence-electron chi connectivity index (χ0n) is 15.6. The van der Waals surface area contributed by atoms with Gasteiger partial charge in [-0.15, -0.1) is 0 Å². The second-order valence-electron chi connectivity index (χ2n) is 6.78. The van der Waals surface area contributed by atoms with Gasteiger partial charge in [-0.1, -0.05) is 17.7 Å². The van der Waals surface area contributed by atoms with Crippen molar-refractivity contribution in [1.29, 1.82) is 0 Å². The van der Waals surface area contributed by atoms with E-state index >= 15 is 0 Å². The summed E-state index contributed by atoms with van der Waals surface area (Å²) in [6, 6.07) is 6.65. The molecule has 1 aliphatic rings. The van der Waals surface area contributed by atoms with Crippen molar-refractivity contribution in [3.63, 3.8) is 0 Å². The minimum atomic E-state index is -3.22. The summed E-state index contributed by atoms with van der Waals surface area (Å²) in [5.74, 6) is -2.60. The lowest BCUT2D eigenvalue weighted by atomic mass is 10.1. The number of hydrogen-bond acceptors (Lipinski definition) is 4. The SMILES string of the molecule is NC(=O)c1ccc(CN(C(=O)N2CCS(=O)(=O)CC2)c2ccc(F)c(Cl)c2)c(F)c1. The summed E-state index contributed by atoms with van der Waals surface area (Å²) in [6.45, 7) is -0.291. The maximum atomic E-state index is 14.5. The van der Waals surface area contributed by atoms with Crippen LogP contribution in [0.15, 0.2) is 36.4 Å². The van der Waals surface area contributed by atoms with Gasteiger partial charge in [0.15, 0.2) is 9.84 Å². The number of nitrogens with zero attached hydrogens (tertiary/aromatic N) is 2. The number of sulfone groups is 1. The van der Waals surface area contributed by atoms with Crippen molar-refractivity contribution in [2.45, 2.75) is 6.54 Å². The van der Waals surface area contributed by atoms with E-state index in [0.29, 0.717) is 0 Å². The molecule has 0 aliphatic carbocycles. The van der Waals surface area contributed by atoms with E-state index in [-0.39, 0.29) is 53.0 Å². The molecule has 30 heavy (non-hydrogen) atoms. The number of benzene rings is 2. The Morgan fingerprint density at radius 3 is 2.30 bits per heavy atom. The third kappa shape index (κ3) is 4.88. The molecule has 0 saturated carbocycles. The molecule has 2 aromatic carbocycles. The number of urea groups is 1. The maximum absolute atomic E-state index is 14.5. The Labute approximate surface area is 176 Å². The molecule has 2 N–H and O–H groups in total. The van der Waals surface area contributed by atoms with Crippen LogP contribution in [0.3, 0.4) is 0 Å². The second kappa shape index (κ2) is 8.57. The van der Waals surface area contributed by atoms with Crippen molar-refractivity contribution in [2.24, 2.45) is 5.73 Å². The molecule has 1 aliphatic heterocycles. The first-order chi connectivity index (χ1) is 14.1. The van der Waals surface area contributed by atoms with Gasteiger partial charge in [-0.2, -0.15) is 0 Å². The second-order valence-corrected chi connectivity index (χ2v) is 9.49. The standard InChI is InChI=1S/C19H18ClF2N3O4S/c20-15-10-14(3-4-16(15)21)25(19(27)24-5-7-30(28,29)8-6-24)11-13-2-1-12(18(23)26)9-17(13)22/h1-4,9-10H,5-8,11H2,(H2,23,26). The first-order valence-electron chi connectivity index (χ1n) is 8.87. The fourth-order valence-electron chi connectivity index (χ4n) is 3.00. The molecule has 0 unspecified atom stereocenters. The Balaban J connectivity index is 1.94. The Hall–Kier alpha value is -2.72. The Bertz CT molecular complexity index is 1100. The number of amides is 3. The molecular formula is C19H18ClF2N3O4S. The molecule has 0 atom stereocenters. The van der Waals surface area contributed by atoms with Crippen molar-refractivity contribution in [3.8, 4) is 0 Å². The molecule has 0 spiro atoms. The number of nitrogens with two attached hydrogens (primary N) is 1. The van der Waals surface area contributed by atoms with Crippen LogP contribution in [-0.4, -0.2) is 49.9 Å². The lowest BCUT2D eigenvalue weighted by Gasteiger charge is -2.33. The van der Waals surface area contributed by atoms with E-state index in [1.165, 1.54) is 34.1 Å². The van der Waals surface area contributed by atoms with E-state index in [2.05, 4.69) is 0 Å². The first kappa shape index (κ1) is 22.0. The van der Waals surface area contributed by atoms with Crippen LogP contribution in [0.25, 0.3) is 0 Å². The number of anilines is 1. The van der Waals surface area contributed by atoms with Gasteiger partial charge in [0.1, 0.15) is 11.6 Å². The molecule has 0 aromatic heterocycles. The van der Waals surface area contributed by atoms with Crippen LogP contribution in [0, 0.1) is 11.6 Å². The van der Waals surface area contributed by atoms with Crippen LogP contribution < -0.4 is 10.6 Å². The normalized spacial score (nSPS) is 15.6. The van der Waals surface area contributed by atoms with Crippen LogP contribution in [-0.2, 0) is 16.4 Å². The van der Waals surface area contributed by atoms with Crippen LogP contribution in [0.2, 0.25) is 5.02 Å². The van der Waals surface area contributed by atoms with E-state index in [1.807, 2.05) is 0 Å². The summed E-state index contributed by atoms with van der Waals surface area (Å²) >= 11 is 5.84. The van der Waals surface area contributed by atoms with Gasteiger partial charge in [-0.25, -0.2) is 22.0 Å². The zero-order chi connectivity index (χ0) is 22.1. The van der Waals surface area contributed by atoms with Crippen LogP contribution >= 0.6 is 11.6 Å². The van der Waals surface area contributed by atoms with Gasteiger partial charge in [-0.05, 0) is 30.3 Å². The summed E-state index contributed by atoms with van der Waals surface area (Å²) in [5, 5.41) is -0.226. The number of primary amides is 1. The lowest BCUT2D eigenvalue weighted by molar-refractivity contribution is 0.0999. The fraction of sp³-hybridized carbons (Fsp3) is 0.263. The Morgan fingerprint density at radius 1 is 1.07 bits per heavy atom. The predicted molar refractivity (Wildman–Crippen MR) is 108 cm³/mol. The third-order valence-electron chi connectivity index (χ3n) is 4.73. The lowest BCUT2D eigenvalue weighted by Crippen LogP contribution is -2.49. The van der Waals surface area contributed by atoms with Crippen molar-refractivity contribution < 1.29 is 26.8 Å². The predicted octanol–water partition coefficient (Wildman–Crippen LogP) is 2.57. The minimum Gasteiger partial charge on any atom is -0.366 e. The molecule has 0 bridgehead atoms. The average Bonchev–Trinajstić information content (AvgIpc) is 2.68. The van der Waals surface area contributed by atoms with Crippen LogP contribution in [0.1, 0.15) is 15.9 Å². The van der Waals surface area contributed by atoms with Gasteiger partial charge in [0.05, 0.1) is 23.1 Å². The largest absolute Gasteiger partial charge is 0.366 e. The van der Waals surface area contributed by atoms with E-state index in [0.717, 1.165) is 12.1 Å². The summed E-state index contributed by atoms with van der Waals surface area (Å²) in [7, 11) is -3.22. The highest BCUT2D eigenvalue weighted by atomic mass is 35.5. The smallest absolute Gasteiger partial charge is 0.324 e. The zero-order valence-corrected chi connectivity index (χ0v) is 17.2. The molecule has 1 fully saturated rings. The highest BCUT2D eigenvalue weighted by Gasteiger charge is 2.29. The molecule has 1 saturated heterocycles. The van der Waals surface area contributed by atoms with Crippen molar-refractivity contribution in [3.05, 3.63) is 64.2 Å². The van der Waals surface area contributed by atoms with Gasteiger partial charge in [0.2, 0.25) is 5.91 Å². The average molecular weight is 458 g/mol. The first-order valence-corrected chi connectivity index (χ1v) is 11.1. The molecule has 1 heterocycles. The highest BCUT2D eigenvalue weighted by molar-refractivity contribution is 7.91. The Morgan fingerprint density at radius 2 is 1.73 bits per heavy atom. The van der Waals surface area contributed by atoms with Gasteiger partial charge in [-0.3, -0.25) is 9.69 Å². The summed E-state index contributed by atoms with van der Waals surface area (Å²) in [5.41, 5.74) is 5.41. The van der Waals surface area contributed by atoms with Crippen molar-refractivity contribution >= 4 is 39.1 Å². The highest BCUT2D eigenvalue weighted by Crippen LogP contribution is 2.26. The monoisotopic (exact) mass is 457 g/mol. The quantitative estimate of drug-likeness (QED) is 0.762. The van der Waals surface area contributed by atoms with Gasteiger partial charge in [0.25, 0.3) is 0 Å². The van der Waals surface area contributed by atoms with Crippen LogP contribution in [0.5, 0.6) is 0 Å². The molecule has 0 radical (unpaired) electrons. The molecule has 2 aromatic rings. The Kier molecular flexibility index (Phi) is 6.27. The van der Waals surface area contributed by atoms with E-state index in [9.17, 15) is 26.8 Å². The van der Waals surface area contributed by atoms with Gasteiger partial charge < -0.3 is 10.6 Å².